The molecule has 0 spiro atoms. The maximum Gasteiger partial charge on any atom is 0.277 e. The molecule has 0 saturated heterocycles. The van der Waals surface area contributed by atoms with E-state index in [9.17, 15) is 4.79 Å². The van der Waals surface area contributed by atoms with E-state index in [0.717, 1.165) is 0 Å². The molecule has 1 aliphatic heterocycles. The summed E-state index contributed by atoms with van der Waals surface area (Å²) in [5.41, 5.74) is 5.65. The van der Waals surface area contributed by atoms with Gasteiger partial charge in [0.1, 0.15) is 5.69 Å². The first-order chi connectivity index (χ1) is 6.58. The van der Waals surface area contributed by atoms with Crippen molar-refractivity contribution < 1.29 is 0 Å². The summed E-state index contributed by atoms with van der Waals surface area (Å²) in [5.74, 6) is 0.654. The summed E-state index contributed by atoms with van der Waals surface area (Å²) >= 11 is 0. The Hall–Kier alpha value is -1.43. The van der Waals surface area contributed by atoms with E-state index in [2.05, 4.69) is 20.6 Å². The second-order valence-electron chi connectivity index (χ2n) is 3.54. The summed E-state index contributed by atoms with van der Waals surface area (Å²) in [5, 5.41) is 6.20. The van der Waals surface area contributed by atoms with Crippen LogP contribution in [0.15, 0.2) is 4.79 Å². The van der Waals surface area contributed by atoms with Gasteiger partial charge < -0.3 is 16.4 Å². The number of fused-ring (bicyclic) bond motifs is 1. The second-order valence-corrected chi connectivity index (χ2v) is 3.54. The van der Waals surface area contributed by atoms with Crippen molar-refractivity contribution in [2.75, 3.05) is 16.4 Å². The molecular formula is C8H14ClN5O. The molecule has 0 amide bonds. The maximum atomic E-state index is 11.5. The Morgan fingerprint density at radius 3 is 2.53 bits per heavy atom. The Kier molecular flexibility index (Phi) is 3.09. The lowest BCUT2D eigenvalue weighted by Gasteiger charge is -2.30. The number of halogens is 1. The second kappa shape index (κ2) is 3.98. The molecule has 84 valence electrons. The Morgan fingerprint density at radius 1 is 1.27 bits per heavy atom. The number of H-pyrrole nitrogens is 1. The predicted octanol–water partition coefficient (Wildman–Crippen LogP) is 0.388. The van der Waals surface area contributed by atoms with Gasteiger partial charge >= 0.3 is 0 Å². The van der Waals surface area contributed by atoms with E-state index in [1.807, 2.05) is 13.8 Å². The zero-order valence-corrected chi connectivity index (χ0v) is 9.31. The van der Waals surface area contributed by atoms with Gasteiger partial charge in [-0.3, -0.25) is 9.78 Å². The van der Waals surface area contributed by atoms with Gasteiger partial charge in [-0.15, -0.1) is 12.4 Å². The molecule has 2 unspecified atom stereocenters. The number of rotatable bonds is 0. The summed E-state index contributed by atoms with van der Waals surface area (Å²) in [4.78, 5) is 17.9. The van der Waals surface area contributed by atoms with Crippen molar-refractivity contribution in [3.63, 3.8) is 0 Å². The summed E-state index contributed by atoms with van der Waals surface area (Å²) in [7, 11) is 0. The quantitative estimate of drug-likeness (QED) is 0.518. The van der Waals surface area contributed by atoms with Crippen molar-refractivity contribution in [3.05, 3.63) is 10.4 Å². The molecule has 2 heterocycles. The van der Waals surface area contributed by atoms with E-state index in [4.69, 9.17) is 5.73 Å². The lowest BCUT2D eigenvalue weighted by molar-refractivity contribution is 0.656. The molecule has 15 heavy (non-hydrogen) atoms. The van der Waals surface area contributed by atoms with Crippen LogP contribution in [0.1, 0.15) is 13.8 Å². The molecule has 2 atom stereocenters. The van der Waals surface area contributed by atoms with Crippen LogP contribution in [0.5, 0.6) is 0 Å². The maximum absolute atomic E-state index is 11.5. The van der Waals surface area contributed by atoms with Crippen molar-refractivity contribution in [1.29, 1.82) is 0 Å². The average molecular weight is 232 g/mol. The molecule has 0 bridgehead atoms. The minimum atomic E-state index is -0.237. The van der Waals surface area contributed by atoms with Gasteiger partial charge in [-0.1, -0.05) is 0 Å². The summed E-state index contributed by atoms with van der Waals surface area (Å²) in [6.45, 7) is 4.01. The van der Waals surface area contributed by atoms with Crippen LogP contribution in [0.2, 0.25) is 0 Å². The average Bonchev–Trinajstić information content (AvgIpc) is 2.08. The van der Waals surface area contributed by atoms with Crippen molar-refractivity contribution in [3.8, 4) is 0 Å². The molecule has 0 aromatic carbocycles. The van der Waals surface area contributed by atoms with Crippen LogP contribution in [0.25, 0.3) is 0 Å². The fourth-order valence-corrected chi connectivity index (χ4v) is 1.42. The molecule has 6 nitrogen and oxygen atoms in total. The normalized spacial score (nSPS) is 23.1. The van der Waals surface area contributed by atoms with Crippen LogP contribution in [0.4, 0.5) is 17.5 Å². The Bertz CT molecular complexity index is 418. The van der Waals surface area contributed by atoms with Crippen molar-refractivity contribution in [1.82, 2.24) is 9.97 Å². The topological polar surface area (TPSA) is 95.8 Å². The van der Waals surface area contributed by atoms with Gasteiger partial charge in [0.25, 0.3) is 5.56 Å². The van der Waals surface area contributed by atoms with E-state index in [0.29, 0.717) is 11.5 Å². The van der Waals surface area contributed by atoms with Crippen LogP contribution >= 0.6 is 12.4 Å². The first-order valence-electron chi connectivity index (χ1n) is 4.51. The highest BCUT2D eigenvalue weighted by molar-refractivity contribution is 5.85. The smallest absolute Gasteiger partial charge is 0.277 e. The Morgan fingerprint density at radius 2 is 1.87 bits per heavy atom. The number of nitrogen functional groups attached to an aromatic ring is 1. The first kappa shape index (κ1) is 11.6. The molecule has 5 N–H and O–H groups in total. The summed E-state index contributed by atoms with van der Waals surface area (Å²) < 4.78 is 0. The number of nitrogens with two attached hydrogens (primary N) is 1. The van der Waals surface area contributed by atoms with E-state index < -0.39 is 0 Å². The summed E-state index contributed by atoms with van der Waals surface area (Å²) in [6, 6.07) is 0.408. The SMILES string of the molecule is CC1Nc2nc(N)[nH]c(=O)c2NC1C.Cl. The number of aromatic amines is 1. The minimum Gasteiger partial charge on any atom is -0.373 e. The summed E-state index contributed by atoms with van der Waals surface area (Å²) in [6.07, 6.45) is 0. The molecule has 0 fully saturated rings. The lowest BCUT2D eigenvalue weighted by Crippen LogP contribution is -2.41. The Labute approximate surface area is 93.1 Å². The standard InChI is InChI=1S/C8H13N5O.ClH/c1-3-4(2)11-6-5(10-3)7(14)13-8(9)12-6;/h3-4,10H,1-2H3,(H4,9,11,12,13,14);1H. The zero-order chi connectivity index (χ0) is 10.3. The number of nitrogens with zero attached hydrogens (tertiary/aromatic N) is 1. The van der Waals surface area contributed by atoms with E-state index in [1.54, 1.807) is 0 Å². The monoisotopic (exact) mass is 231 g/mol. The number of hydrogen-bond donors (Lipinski definition) is 4. The fourth-order valence-electron chi connectivity index (χ4n) is 1.42. The van der Waals surface area contributed by atoms with Crippen molar-refractivity contribution >= 4 is 29.9 Å². The zero-order valence-electron chi connectivity index (χ0n) is 8.50. The highest BCUT2D eigenvalue weighted by Crippen LogP contribution is 2.22. The highest BCUT2D eigenvalue weighted by Gasteiger charge is 2.23. The van der Waals surface area contributed by atoms with Crippen LogP contribution < -0.4 is 21.9 Å². The van der Waals surface area contributed by atoms with Gasteiger partial charge in [-0.05, 0) is 13.8 Å². The van der Waals surface area contributed by atoms with Crippen LogP contribution in [0.3, 0.4) is 0 Å². The van der Waals surface area contributed by atoms with Crippen LogP contribution in [-0.2, 0) is 0 Å². The number of nitrogens with one attached hydrogen (secondary N) is 3. The van der Waals surface area contributed by atoms with Gasteiger partial charge in [-0.25, -0.2) is 0 Å². The largest absolute Gasteiger partial charge is 0.373 e. The lowest BCUT2D eigenvalue weighted by atomic mass is 10.1. The highest BCUT2D eigenvalue weighted by atomic mass is 35.5. The molecule has 0 saturated carbocycles. The van der Waals surface area contributed by atoms with Crippen molar-refractivity contribution in [2.45, 2.75) is 25.9 Å². The molecule has 2 rings (SSSR count). The molecular weight excluding hydrogens is 218 g/mol. The molecule has 1 aromatic rings. The molecule has 1 aliphatic rings. The first-order valence-corrected chi connectivity index (χ1v) is 4.51. The molecule has 7 heteroatoms. The molecule has 0 aliphatic carbocycles. The van der Waals surface area contributed by atoms with Gasteiger partial charge in [0.2, 0.25) is 5.95 Å². The minimum absolute atomic E-state index is 0. The molecule has 0 radical (unpaired) electrons. The molecule has 1 aromatic heterocycles. The van der Waals surface area contributed by atoms with Crippen LogP contribution in [-0.4, -0.2) is 22.1 Å². The van der Waals surface area contributed by atoms with Crippen LogP contribution in [0, 0.1) is 0 Å². The van der Waals surface area contributed by atoms with Gasteiger partial charge in [0.15, 0.2) is 5.82 Å². The number of aromatic nitrogens is 2. The van der Waals surface area contributed by atoms with E-state index in [1.165, 1.54) is 0 Å². The third-order valence-electron chi connectivity index (χ3n) is 2.42. The Balaban J connectivity index is 0.00000112. The van der Waals surface area contributed by atoms with E-state index in [-0.39, 0.29) is 36.0 Å². The number of anilines is 3. The van der Waals surface area contributed by atoms with Crippen molar-refractivity contribution in [2.24, 2.45) is 0 Å². The third-order valence-corrected chi connectivity index (χ3v) is 2.42. The third kappa shape index (κ3) is 1.99. The van der Waals surface area contributed by atoms with E-state index >= 15 is 0 Å². The fraction of sp³-hybridized carbons (Fsp3) is 0.500. The van der Waals surface area contributed by atoms with Gasteiger partial charge in [0, 0.05) is 12.1 Å². The van der Waals surface area contributed by atoms with Gasteiger partial charge in [-0.2, -0.15) is 4.98 Å². The van der Waals surface area contributed by atoms with Gasteiger partial charge in [0.05, 0.1) is 0 Å². The predicted molar refractivity (Wildman–Crippen MR) is 62.7 cm³/mol. The number of hydrogen-bond acceptors (Lipinski definition) is 5.